The summed E-state index contributed by atoms with van der Waals surface area (Å²) in [6.45, 7) is 3.08. The lowest BCUT2D eigenvalue weighted by atomic mass is 10.2. The number of aryl methyl sites for hydroxylation is 1. The largest absolute Gasteiger partial charge is 0.493 e. The second-order valence-electron chi connectivity index (χ2n) is 4.02. The molecule has 0 radical (unpaired) electrons. The van der Waals surface area contributed by atoms with Crippen molar-refractivity contribution in [2.24, 2.45) is 0 Å². The molecule has 0 aliphatic heterocycles. The standard InChI is InChI=1S/C13H15BrClN3O2/c1-3-18-12(16-8-17-18)7-20-13-10(14)4-9(6-15)5-11(13)19-2/h4-5,8H,3,6-7H2,1-2H3. The minimum Gasteiger partial charge on any atom is -0.493 e. The molecule has 108 valence electrons. The summed E-state index contributed by atoms with van der Waals surface area (Å²) in [5.41, 5.74) is 0.958. The SMILES string of the molecule is CCn1ncnc1COc1c(Br)cc(CCl)cc1OC. The molecule has 0 unspecified atom stereocenters. The van der Waals surface area contributed by atoms with Crippen LogP contribution in [0.15, 0.2) is 22.9 Å². The molecule has 0 atom stereocenters. The van der Waals surface area contributed by atoms with E-state index in [1.165, 1.54) is 6.33 Å². The molecular formula is C13H15BrClN3O2. The van der Waals surface area contributed by atoms with Gasteiger partial charge < -0.3 is 9.47 Å². The number of methoxy groups -OCH3 is 1. The fourth-order valence-corrected chi connectivity index (χ4v) is 2.55. The predicted molar refractivity (Wildman–Crippen MR) is 80.3 cm³/mol. The van der Waals surface area contributed by atoms with Gasteiger partial charge in [-0.05, 0) is 40.5 Å². The van der Waals surface area contributed by atoms with E-state index < -0.39 is 0 Å². The highest BCUT2D eigenvalue weighted by atomic mass is 79.9. The van der Waals surface area contributed by atoms with Gasteiger partial charge in [-0.1, -0.05) is 0 Å². The van der Waals surface area contributed by atoms with Crippen LogP contribution in [0.25, 0.3) is 0 Å². The Morgan fingerprint density at radius 2 is 2.20 bits per heavy atom. The van der Waals surface area contributed by atoms with Crippen LogP contribution >= 0.6 is 27.5 Å². The van der Waals surface area contributed by atoms with Crippen molar-refractivity contribution in [3.05, 3.63) is 34.3 Å². The number of aromatic nitrogens is 3. The Morgan fingerprint density at radius 3 is 2.85 bits per heavy atom. The lowest BCUT2D eigenvalue weighted by Gasteiger charge is -2.13. The van der Waals surface area contributed by atoms with Gasteiger partial charge in [0.1, 0.15) is 12.9 Å². The molecule has 0 amide bonds. The number of ether oxygens (including phenoxy) is 2. The molecule has 1 aromatic heterocycles. The van der Waals surface area contributed by atoms with Gasteiger partial charge in [0.2, 0.25) is 0 Å². The molecule has 0 saturated carbocycles. The number of alkyl halides is 1. The van der Waals surface area contributed by atoms with Gasteiger partial charge in [0, 0.05) is 12.4 Å². The van der Waals surface area contributed by atoms with E-state index in [1.807, 2.05) is 19.1 Å². The molecule has 2 aromatic rings. The minimum absolute atomic E-state index is 0.322. The quantitative estimate of drug-likeness (QED) is 0.741. The molecule has 0 aliphatic carbocycles. The van der Waals surface area contributed by atoms with Gasteiger partial charge in [-0.3, -0.25) is 0 Å². The van der Waals surface area contributed by atoms with Crippen LogP contribution in [0.2, 0.25) is 0 Å². The molecule has 2 rings (SSSR count). The third-order valence-electron chi connectivity index (χ3n) is 2.78. The monoisotopic (exact) mass is 359 g/mol. The normalized spacial score (nSPS) is 10.6. The van der Waals surface area contributed by atoms with Crippen molar-refractivity contribution < 1.29 is 9.47 Å². The Kier molecular flexibility index (Phi) is 5.25. The molecule has 0 aliphatic rings. The zero-order valence-electron chi connectivity index (χ0n) is 11.3. The molecule has 1 heterocycles. The minimum atomic E-state index is 0.322. The van der Waals surface area contributed by atoms with Gasteiger partial charge in [0.15, 0.2) is 17.3 Å². The van der Waals surface area contributed by atoms with Crippen molar-refractivity contribution in [1.82, 2.24) is 14.8 Å². The summed E-state index contributed by atoms with van der Waals surface area (Å²) < 4.78 is 13.7. The van der Waals surface area contributed by atoms with Gasteiger partial charge in [-0.2, -0.15) is 5.10 Å². The van der Waals surface area contributed by atoms with Crippen molar-refractivity contribution in [1.29, 1.82) is 0 Å². The summed E-state index contributed by atoms with van der Waals surface area (Å²) in [6, 6.07) is 3.77. The van der Waals surface area contributed by atoms with Crippen molar-refractivity contribution >= 4 is 27.5 Å². The molecule has 7 heteroatoms. The molecule has 0 fully saturated rings. The number of benzene rings is 1. The van der Waals surface area contributed by atoms with E-state index in [2.05, 4.69) is 26.0 Å². The summed E-state index contributed by atoms with van der Waals surface area (Å²) >= 11 is 9.31. The summed E-state index contributed by atoms with van der Waals surface area (Å²) in [4.78, 5) is 4.17. The van der Waals surface area contributed by atoms with Crippen molar-refractivity contribution in [2.75, 3.05) is 7.11 Å². The maximum Gasteiger partial charge on any atom is 0.176 e. The fourth-order valence-electron chi connectivity index (χ4n) is 1.79. The Hall–Kier alpha value is -1.27. The molecular weight excluding hydrogens is 346 g/mol. The first-order chi connectivity index (χ1) is 9.69. The Morgan fingerprint density at radius 1 is 1.40 bits per heavy atom. The van der Waals surface area contributed by atoms with Gasteiger partial charge in [0.05, 0.1) is 11.6 Å². The lowest BCUT2D eigenvalue weighted by molar-refractivity contribution is 0.268. The summed E-state index contributed by atoms with van der Waals surface area (Å²) in [5, 5.41) is 4.10. The Balaban J connectivity index is 2.21. The number of hydrogen-bond acceptors (Lipinski definition) is 4. The first-order valence-corrected chi connectivity index (χ1v) is 7.44. The van der Waals surface area contributed by atoms with Crippen molar-refractivity contribution in [2.45, 2.75) is 26.0 Å². The van der Waals surface area contributed by atoms with Crippen LogP contribution in [0.5, 0.6) is 11.5 Å². The smallest absolute Gasteiger partial charge is 0.176 e. The van der Waals surface area contributed by atoms with Crippen molar-refractivity contribution in [3.8, 4) is 11.5 Å². The van der Waals surface area contributed by atoms with Crippen LogP contribution in [-0.4, -0.2) is 21.9 Å². The van der Waals surface area contributed by atoms with Gasteiger partial charge >= 0.3 is 0 Å². The topological polar surface area (TPSA) is 49.2 Å². The molecule has 20 heavy (non-hydrogen) atoms. The first kappa shape index (κ1) is 15.1. The second-order valence-corrected chi connectivity index (χ2v) is 5.14. The van der Waals surface area contributed by atoms with Crippen LogP contribution in [0, 0.1) is 0 Å². The highest BCUT2D eigenvalue weighted by molar-refractivity contribution is 9.10. The molecule has 0 spiro atoms. The van der Waals surface area contributed by atoms with E-state index in [0.29, 0.717) is 24.0 Å². The van der Waals surface area contributed by atoms with Gasteiger partial charge in [0.25, 0.3) is 0 Å². The number of halogens is 2. The molecule has 0 bridgehead atoms. The molecule has 0 saturated heterocycles. The number of nitrogens with zero attached hydrogens (tertiary/aromatic N) is 3. The summed E-state index contributed by atoms with van der Waals surface area (Å²) in [7, 11) is 1.60. The number of hydrogen-bond donors (Lipinski definition) is 0. The molecule has 5 nitrogen and oxygen atoms in total. The lowest BCUT2D eigenvalue weighted by Crippen LogP contribution is -2.08. The van der Waals surface area contributed by atoms with Gasteiger partial charge in [-0.15, -0.1) is 11.6 Å². The maximum atomic E-state index is 5.84. The average Bonchev–Trinajstić information content (AvgIpc) is 2.92. The highest BCUT2D eigenvalue weighted by Crippen LogP contribution is 2.37. The molecule has 1 aromatic carbocycles. The van der Waals surface area contributed by atoms with E-state index >= 15 is 0 Å². The van der Waals surface area contributed by atoms with E-state index in [-0.39, 0.29) is 0 Å². The van der Waals surface area contributed by atoms with E-state index in [1.54, 1.807) is 11.8 Å². The average molecular weight is 361 g/mol. The van der Waals surface area contributed by atoms with Crippen LogP contribution in [0.3, 0.4) is 0 Å². The maximum absolute atomic E-state index is 5.84. The van der Waals surface area contributed by atoms with Crippen molar-refractivity contribution in [3.63, 3.8) is 0 Å². The van der Waals surface area contributed by atoms with E-state index in [4.69, 9.17) is 21.1 Å². The van der Waals surface area contributed by atoms with E-state index in [0.717, 1.165) is 22.4 Å². The Bertz CT molecular complexity index is 589. The van der Waals surface area contributed by atoms with Crippen LogP contribution in [-0.2, 0) is 19.0 Å². The summed E-state index contributed by atoms with van der Waals surface area (Å²) in [6.07, 6.45) is 1.52. The van der Waals surface area contributed by atoms with E-state index in [9.17, 15) is 0 Å². The van der Waals surface area contributed by atoms with Gasteiger partial charge in [-0.25, -0.2) is 9.67 Å². The van der Waals surface area contributed by atoms with Crippen LogP contribution in [0.4, 0.5) is 0 Å². The fraction of sp³-hybridized carbons (Fsp3) is 0.385. The van der Waals surface area contributed by atoms with Crippen LogP contribution < -0.4 is 9.47 Å². The van der Waals surface area contributed by atoms with Crippen LogP contribution in [0.1, 0.15) is 18.3 Å². The third-order valence-corrected chi connectivity index (χ3v) is 3.68. The zero-order valence-corrected chi connectivity index (χ0v) is 13.6. The number of rotatable bonds is 6. The summed E-state index contributed by atoms with van der Waals surface area (Å²) in [5.74, 6) is 2.45. The molecule has 0 N–H and O–H groups in total. The Labute approximate surface area is 131 Å². The predicted octanol–water partition coefficient (Wildman–Crippen LogP) is 3.39. The first-order valence-electron chi connectivity index (χ1n) is 6.11. The zero-order chi connectivity index (χ0) is 14.5. The highest BCUT2D eigenvalue weighted by Gasteiger charge is 2.13. The third kappa shape index (κ3) is 3.24. The second kappa shape index (κ2) is 6.95.